The van der Waals surface area contributed by atoms with Crippen molar-refractivity contribution >= 4 is 0 Å². The minimum atomic E-state index is 1.04. The van der Waals surface area contributed by atoms with Crippen LogP contribution in [0.3, 0.4) is 0 Å². The third-order valence-electron chi connectivity index (χ3n) is 3.48. The van der Waals surface area contributed by atoms with Gasteiger partial charge in [0.2, 0.25) is 0 Å². The third kappa shape index (κ3) is 2.11. The molecule has 0 fully saturated rings. The molecule has 0 N–H and O–H groups in total. The van der Waals surface area contributed by atoms with Crippen LogP contribution < -0.4 is 0 Å². The summed E-state index contributed by atoms with van der Waals surface area (Å²) in [6.07, 6.45) is 3.64. The Morgan fingerprint density at radius 2 is 1.70 bits per heavy atom. The van der Waals surface area contributed by atoms with Crippen LogP contribution in [0, 0.1) is 13.8 Å². The van der Waals surface area contributed by atoms with Crippen LogP contribution >= 0.6 is 0 Å². The van der Waals surface area contributed by atoms with Gasteiger partial charge in [-0.25, -0.2) is 0 Å². The van der Waals surface area contributed by atoms with E-state index in [1.807, 2.05) is 36.3 Å². The highest BCUT2D eigenvalue weighted by molar-refractivity contribution is 5.82. The van der Waals surface area contributed by atoms with Gasteiger partial charge in [-0.3, -0.25) is 9.67 Å². The largest absolute Gasteiger partial charge is 0.267 e. The molecule has 3 rings (SSSR count). The fraction of sp³-hybridized carbons (Fsp3) is 0.176. The second kappa shape index (κ2) is 4.93. The van der Waals surface area contributed by atoms with Gasteiger partial charge in [-0.2, -0.15) is 5.10 Å². The molecule has 2 aromatic heterocycles. The molecule has 0 amide bonds. The summed E-state index contributed by atoms with van der Waals surface area (Å²) in [6.45, 7) is 4.16. The molecule has 1 aromatic carbocycles. The van der Waals surface area contributed by atoms with Crippen LogP contribution in [0.15, 0.2) is 48.8 Å². The molecule has 3 heteroatoms. The van der Waals surface area contributed by atoms with Crippen molar-refractivity contribution in [2.24, 2.45) is 7.05 Å². The number of hydrogen-bond donors (Lipinski definition) is 0. The molecule has 3 nitrogen and oxygen atoms in total. The first-order chi connectivity index (χ1) is 9.66. The molecule has 0 saturated carbocycles. The Morgan fingerprint density at radius 1 is 0.950 bits per heavy atom. The van der Waals surface area contributed by atoms with Gasteiger partial charge < -0.3 is 0 Å². The van der Waals surface area contributed by atoms with Crippen LogP contribution in [-0.2, 0) is 7.05 Å². The standard InChI is InChI=1S/C17H17N3/c1-12-5-4-6-15(11-12)17-16(13(2)19-20(17)3)14-7-9-18-10-8-14/h4-11H,1-3H3. The molecule has 0 aliphatic rings. The maximum atomic E-state index is 4.59. The lowest BCUT2D eigenvalue weighted by Crippen LogP contribution is -1.94. The minimum absolute atomic E-state index is 1.04. The van der Waals surface area contributed by atoms with E-state index in [9.17, 15) is 0 Å². The molecule has 0 aliphatic heterocycles. The first kappa shape index (κ1) is 12.6. The second-order valence-corrected chi connectivity index (χ2v) is 5.04. The van der Waals surface area contributed by atoms with Crippen molar-refractivity contribution in [3.05, 3.63) is 60.0 Å². The third-order valence-corrected chi connectivity index (χ3v) is 3.48. The SMILES string of the molecule is Cc1cccc(-c2c(-c3ccncc3)c(C)nn2C)c1. The van der Waals surface area contributed by atoms with E-state index < -0.39 is 0 Å². The fourth-order valence-electron chi connectivity index (χ4n) is 2.65. The maximum Gasteiger partial charge on any atom is 0.0760 e. The quantitative estimate of drug-likeness (QED) is 0.704. The average molecular weight is 263 g/mol. The van der Waals surface area contributed by atoms with E-state index in [1.165, 1.54) is 16.7 Å². The Kier molecular flexibility index (Phi) is 3.11. The van der Waals surface area contributed by atoms with E-state index in [-0.39, 0.29) is 0 Å². The van der Waals surface area contributed by atoms with Crippen LogP contribution in [0.4, 0.5) is 0 Å². The van der Waals surface area contributed by atoms with Crippen molar-refractivity contribution < 1.29 is 0 Å². The fourth-order valence-corrected chi connectivity index (χ4v) is 2.65. The molecule has 0 atom stereocenters. The summed E-state index contributed by atoms with van der Waals surface area (Å²) in [5, 5.41) is 4.59. The van der Waals surface area contributed by atoms with Crippen molar-refractivity contribution in [3.8, 4) is 22.4 Å². The van der Waals surface area contributed by atoms with Gasteiger partial charge in [-0.05, 0) is 37.6 Å². The zero-order valence-corrected chi connectivity index (χ0v) is 12.0. The molecular weight excluding hydrogens is 246 g/mol. The summed E-state index contributed by atoms with van der Waals surface area (Å²) >= 11 is 0. The van der Waals surface area contributed by atoms with E-state index in [4.69, 9.17) is 0 Å². The molecule has 100 valence electrons. The number of aryl methyl sites for hydroxylation is 3. The number of rotatable bonds is 2. The summed E-state index contributed by atoms with van der Waals surface area (Å²) in [5.41, 5.74) is 6.97. The smallest absolute Gasteiger partial charge is 0.0760 e. The number of benzene rings is 1. The summed E-state index contributed by atoms with van der Waals surface area (Å²) in [5.74, 6) is 0. The van der Waals surface area contributed by atoms with Gasteiger partial charge in [-0.15, -0.1) is 0 Å². The predicted molar refractivity (Wildman–Crippen MR) is 81.3 cm³/mol. The molecule has 0 saturated heterocycles. The van der Waals surface area contributed by atoms with E-state index in [1.54, 1.807) is 0 Å². The van der Waals surface area contributed by atoms with Crippen molar-refractivity contribution in [3.63, 3.8) is 0 Å². The van der Waals surface area contributed by atoms with Crippen molar-refractivity contribution in [2.45, 2.75) is 13.8 Å². The lowest BCUT2D eigenvalue weighted by Gasteiger charge is -2.08. The molecule has 0 radical (unpaired) electrons. The van der Waals surface area contributed by atoms with Gasteiger partial charge in [0.1, 0.15) is 0 Å². The van der Waals surface area contributed by atoms with Gasteiger partial charge in [0, 0.05) is 30.6 Å². The van der Waals surface area contributed by atoms with Crippen LogP contribution in [0.25, 0.3) is 22.4 Å². The predicted octanol–water partition coefficient (Wildman–Crippen LogP) is 3.77. The zero-order valence-electron chi connectivity index (χ0n) is 12.0. The van der Waals surface area contributed by atoms with E-state index in [0.717, 1.165) is 17.0 Å². The van der Waals surface area contributed by atoms with E-state index >= 15 is 0 Å². The first-order valence-electron chi connectivity index (χ1n) is 6.68. The number of nitrogens with zero attached hydrogens (tertiary/aromatic N) is 3. The Morgan fingerprint density at radius 3 is 2.40 bits per heavy atom. The lowest BCUT2D eigenvalue weighted by molar-refractivity contribution is 0.764. The van der Waals surface area contributed by atoms with Gasteiger partial charge in [0.05, 0.1) is 11.4 Å². The molecular formula is C17H17N3. The lowest BCUT2D eigenvalue weighted by atomic mass is 9.99. The second-order valence-electron chi connectivity index (χ2n) is 5.04. The van der Waals surface area contributed by atoms with E-state index in [0.29, 0.717) is 0 Å². The highest BCUT2D eigenvalue weighted by Crippen LogP contribution is 2.34. The van der Waals surface area contributed by atoms with Crippen LogP contribution in [-0.4, -0.2) is 14.8 Å². The Bertz CT molecular complexity index is 742. The number of pyridine rings is 1. The summed E-state index contributed by atoms with van der Waals surface area (Å²) < 4.78 is 1.96. The topological polar surface area (TPSA) is 30.7 Å². The van der Waals surface area contributed by atoms with Crippen molar-refractivity contribution in [1.29, 1.82) is 0 Å². The van der Waals surface area contributed by atoms with E-state index in [2.05, 4.69) is 48.2 Å². The van der Waals surface area contributed by atoms with Crippen LogP contribution in [0.5, 0.6) is 0 Å². The molecule has 0 aliphatic carbocycles. The normalized spacial score (nSPS) is 10.8. The van der Waals surface area contributed by atoms with Crippen LogP contribution in [0.1, 0.15) is 11.3 Å². The minimum Gasteiger partial charge on any atom is -0.267 e. The maximum absolute atomic E-state index is 4.59. The Hall–Kier alpha value is -2.42. The highest BCUT2D eigenvalue weighted by Gasteiger charge is 2.16. The zero-order chi connectivity index (χ0) is 14.1. The Balaban J connectivity index is 2.26. The van der Waals surface area contributed by atoms with Crippen molar-refractivity contribution in [1.82, 2.24) is 14.8 Å². The molecule has 0 spiro atoms. The Labute approximate surface area is 118 Å². The molecule has 20 heavy (non-hydrogen) atoms. The molecule has 0 unspecified atom stereocenters. The number of hydrogen-bond acceptors (Lipinski definition) is 2. The monoisotopic (exact) mass is 263 g/mol. The van der Waals surface area contributed by atoms with Crippen molar-refractivity contribution in [2.75, 3.05) is 0 Å². The molecule has 2 heterocycles. The van der Waals surface area contributed by atoms with Gasteiger partial charge in [0.15, 0.2) is 0 Å². The average Bonchev–Trinajstić information content (AvgIpc) is 2.74. The van der Waals surface area contributed by atoms with Gasteiger partial charge >= 0.3 is 0 Å². The van der Waals surface area contributed by atoms with Gasteiger partial charge in [-0.1, -0.05) is 23.8 Å². The summed E-state index contributed by atoms with van der Waals surface area (Å²) in [4.78, 5) is 4.10. The van der Waals surface area contributed by atoms with Gasteiger partial charge in [0.25, 0.3) is 0 Å². The summed E-state index contributed by atoms with van der Waals surface area (Å²) in [6, 6.07) is 12.6. The molecule has 3 aromatic rings. The summed E-state index contributed by atoms with van der Waals surface area (Å²) in [7, 11) is 2.00. The van der Waals surface area contributed by atoms with Crippen LogP contribution in [0.2, 0.25) is 0 Å². The molecule has 0 bridgehead atoms. The highest BCUT2D eigenvalue weighted by atomic mass is 15.3. The first-order valence-corrected chi connectivity index (χ1v) is 6.68. The number of aromatic nitrogens is 3.